The summed E-state index contributed by atoms with van der Waals surface area (Å²) in [5.41, 5.74) is 2.50. The maximum absolute atomic E-state index is 12.3. The molecule has 3 amide bonds. The average Bonchev–Trinajstić information content (AvgIpc) is 3.13. The molecule has 1 saturated heterocycles. The Morgan fingerprint density at radius 2 is 2.33 bits per heavy atom. The van der Waals surface area contributed by atoms with E-state index in [-0.39, 0.29) is 17.9 Å². The number of amides is 3. The molecule has 2 aromatic rings. The number of carbonyl (C=O) groups is 2. The van der Waals surface area contributed by atoms with Crippen molar-refractivity contribution in [3.05, 3.63) is 35.6 Å². The van der Waals surface area contributed by atoms with Crippen LogP contribution in [0.3, 0.4) is 0 Å². The minimum Gasteiger partial charge on any atom is -0.334 e. The second-order valence-electron chi connectivity index (χ2n) is 5.54. The molecule has 1 atom stereocenters. The van der Waals surface area contributed by atoms with E-state index < -0.39 is 0 Å². The Labute approximate surface area is 143 Å². The zero-order valence-corrected chi connectivity index (χ0v) is 13.8. The van der Waals surface area contributed by atoms with Gasteiger partial charge in [-0.05, 0) is 24.5 Å². The maximum Gasteiger partial charge on any atom is 0.317 e. The molecule has 8 nitrogen and oxygen atoms in total. The second-order valence-corrected chi connectivity index (χ2v) is 6.37. The number of nitrogens with one attached hydrogen (secondary N) is 2. The summed E-state index contributed by atoms with van der Waals surface area (Å²) in [6.07, 6.45) is 4.97. The minimum absolute atomic E-state index is 0.114. The van der Waals surface area contributed by atoms with Crippen LogP contribution in [0.2, 0.25) is 0 Å². The number of carbonyl (C=O) groups excluding carboxylic acids is 2. The fourth-order valence-corrected chi connectivity index (χ4v) is 3.05. The smallest absolute Gasteiger partial charge is 0.317 e. The van der Waals surface area contributed by atoms with E-state index in [1.165, 1.54) is 11.3 Å². The number of anilines is 1. The third-order valence-corrected chi connectivity index (χ3v) is 4.44. The van der Waals surface area contributed by atoms with Gasteiger partial charge < -0.3 is 15.5 Å². The minimum atomic E-state index is -0.230. The number of hydrogen-bond acceptors (Lipinski definition) is 6. The molecule has 1 aliphatic heterocycles. The van der Waals surface area contributed by atoms with Crippen molar-refractivity contribution in [2.24, 2.45) is 5.92 Å². The quantitative estimate of drug-likeness (QED) is 0.874. The van der Waals surface area contributed by atoms with Crippen LogP contribution in [-0.4, -0.2) is 45.1 Å². The molecule has 0 aromatic carbocycles. The van der Waals surface area contributed by atoms with Gasteiger partial charge in [-0.1, -0.05) is 17.4 Å². The van der Waals surface area contributed by atoms with E-state index in [0.29, 0.717) is 24.8 Å². The number of hydrogen-bond donors (Lipinski definition) is 2. The van der Waals surface area contributed by atoms with E-state index in [2.05, 4.69) is 25.8 Å². The monoisotopic (exact) mass is 346 g/mol. The van der Waals surface area contributed by atoms with E-state index in [4.69, 9.17) is 0 Å². The van der Waals surface area contributed by atoms with Crippen molar-refractivity contribution in [1.82, 2.24) is 25.4 Å². The molecule has 0 unspecified atom stereocenters. The number of aromatic nitrogens is 3. The predicted molar refractivity (Wildman–Crippen MR) is 89.3 cm³/mol. The first-order valence-electron chi connectivity index (χ1n) is 7.71. The second kappa shape index (κ2) is 7.82. The van der Waals surface area contributed by atoms with Crippen LogP contribution < -0.4 is 10.6 Å². The van der Waals surface area contributed by atoms with Gasteiger partial charge in [0.15, 0.2) is 0 Å². The first kappa shape index (κ1) is 16.3. The summed E-state index contributed by atoms with van der Waals surface area (Å²) in [5, 5.41) is 13.6. The highest BCUT2D eigenvalue weighted by molar-refractivity contribution is 7.13. The van der Waals surface area contributed by atoms with Gasteiger partial charge in [-0.3, -0.25) is 9.78 Å². The molecular weight excluding hydrogens is 328 g/mol. The van der Waals surface area contributed by atoms with Crippen LogP contribution in [0.5, 0.6) is 0 Å². The highest BCUT2D eigenvalue weighted by Gasteiger charge is 2.28. The van der Waals surface area contributed by atoms with Crippen molar-refractivity contribution in [2.45, 2.75) is 19.4 Å². The van der Waals surface area contributed by atoms with Gasteiger partial charge in [0.25, 0.3) is 0 Å². The lowest BCUT2D eigenvalue weighted by atomic mass is 9.97. The molecule has 2 N–H and O–H groups in total. The van der Waals surface area contributed by atoms with Gasteiger partial charge in [-0.15, -0.1) is 10.2 Å². The number of piperidine rings is 1. The summed E-state index contributed by atoms with van der Waals surface area (Å²) >= 11 is 1.28. The Balaban J connectivity index is 1.51. The number of pyridine rings is 1. The standard InChI is InChI=1S/C15H18N6O2S/c22-13(19-14-20-18-10-24-14)12-4-2-6-21(9-12)15(23)17-8-11-3-1-5-16-7-11/h1,3,5,7,10,12H,2,4,6,8-9H2,(H,17,23)(H,19,20,22)/t12-/m0/s1. The van der Waals surface area contributed by atoms with Crippen LogP contribution in [0.1, 0.15) is 18.4 Å². The Morgan fingerprint density at radius 3 is 3.08 bits per heavy atom. The first-order chi connectivity index (χ1) is 11.7. The van der Waals surface area contributed by atoms with Gasteiger partial charge in [0.2, 0.25) is 11.0 Å². The molecule has 0 radical (unpaired) electrons. The lowest BCUT2D eigenvalue weighted by molar-refractivity contribution is -0.121. The van der Waals surface area contributed by atoms with Crippen molar-refractivity contribution in [3.8, 4) is 0 Å². The largest absolute Gasteiger partial charge is 0.334 e. The zero-order chi connectivity index (χ0) is 16.8. The van der Waals surface area contributed by atoms with Crippen LogP contribution in [0.4, 0.5) is 9.93 Å². The van der Waals surface area contributed by atoms with Crippen LogP contribution in [0.25, 0.3) is 0 Å². The topological polar surface area (TPSA) is 100 Å². The summed E-state index contributed by atoms with van der Waals surface area (Å²) in [4.78, 5) is 30.3. The number of urea groups is 1. The first-order valence-corrected chi connectivity index (χ1v) is 8.59. The summed E-state index contributed by atoms with van der Waals surface area (Å²) in [6, 6.07) is 3.57. The molecular formula is C15H18N6O2S. The van der Waals surface area contributed by atoms with Gasteiger partial charge >= 0.3 is 6.03 Å². The van der Waals surface area contributed by atoms with Crippen molar-refractivity contribution >= 4 is 28.4 Å². The fourth-order valence-electron chi connectivity index (χ4n) is 2.60. The maximum atomic E-state index is 12.3. The Morgan fingerprint density at radius 1 is 1.42 bits per heavy atom. The van der Waals surface area contributed by atoms with Gasteiger partial charge in [0, 0.05) is 32.0 Å². The molecule has 24 heavy (non-hydrogen) atoms. The fraction of sp³-hybridized carbons (Fsp3) is 0.400. The zero-order valence-electron chi connectivity index (χ0n) is 13.0. The van der Waals surface area contributed by atoms with Gasteiger partial charge in [0.1, 0.15) is 5.51 Å². The third-order valence-electron chi connectivity index (χ3n) is 3.84. The van der Waals surface area contributed by atoms with Gasteiger partial charge in [-0.25, -0.2) is 4.79 Å². The Hall–Kier alpha value is -2.55. The van der Waals surface area contributed by atoms with Crippen LogP contribution in [0.15, 0.2) is 30.0 Å². The molecule has 1 fully saturated rings. The highest BCUT2D eigenvalue weighted by Crippen LogP contribution is 2.19. The molecule has 0 bridgehead atoms. The summed E-state index contributed by atoms with van der Waals surface area (Å²) in [5.74, 6) is -0.344. The molecule has 0 saturated carbocycles. The summed E-state index contributed by atoms with van der Waals surface area (Å²) < 4.78 is 0. The van der Waals surface area contributed by atoms with E-state index in [1.807, 2.05) is 12.1 Å². The molecule has 1 aliphatic rings. The SMILES string of the molecule is O=C(Nc1nncs1)[C@H]1CCCN(C(=O)NCc2cccnc2)C1. The molecule has 126 valence electrons. The van der Waals surface area contributed by atoms with Crippen molar-refractivity contribution < 1.29 is 9.59 Å². The summed E-state index contributed by atoms with van der Waals surface area (Å²) in [6.45, 7) is 1.48. The molecule has 9 heteroatoms. The number of likely N-dealkylation sites (tertiary alicyclic amines) is 1. The number of rotatable bonds is 4. The van der Waals surface area contributed by atoms with E-state index in [0.717, 1.165) is 18.4 Å². The van der Waals surface area contributed by atoms with E-state index >= 15 is 0 Å². The molecule has 2 aromatic heterocycles. The molecule has 3 rings (SSSR count). The Bertz CT molecular complexity index is 679. The van der Waals surface area contributed by atoms with Crippen molar-refractivity contribution in [1.29, 1.82) is 0 Å². The predicted octanol–water partition coefficient (Wildman–Crippen LogP) is 1.49. The lowest BCUT2D eigenvalue weighted by Crippen LogP contribution is -2.47. The Kier molecular flexibility index (Phi) is 5.32. The average molecular weight is 346 g/mol. The lowest BCUT2D eigenvalue weighted by Gasteiger charge is -2.31. The molecule has 0 spiro atoms. The third kappa shape index (κ3) is 4.25. The van der Waals surface area contributed by atoms with Gasteiger partial charge in [0.05, 0.1) is 5.92 Å². The molecule has 0 aliphatic carbocycles. The van der Waals surface area contributed by atoms with E-state index in [9.17, 15) is 9.59 Å². The highest BCUT2D eigenvalue weighted by atomic mass is 32.1. The van der Waals surface area contributed by atoms with Crippen molar-refractivity contribution in [2.75, 3.05) is 18.4 Å². The summed E-state index contributed by atoms with van der Waals surface area (Å²) in [7, 11) is 0. The van der Waals surface area contributed by atoms with Crippen LogP contribution in [0, 0.1) is 5.92 Å². The van der Waals surface area contributed by atoms with Crippen LogP contribution >= 0.6 is 11.3 Å². The van der Waals surface area contributed by atoms with Crippen LogP contribution in [-0.2, 0) is 11.3 Å². The molecule has 3 heterocycles. The van der Waals surface area contributed by atoms with E-state index in [1.54, 1.807) is 22.8 Å². The van der Waals surface area contributed by atoms with Gasteiger partial charge in [-0.2, -0.15) is 0 Å². The normalized spacial score (nSPS) is 17.3. The number of nitrogens with zero attached hydrogens (tertiary/aromatic N) is 4. The van der Waals surface area contributed by atoms with Crippen molar-refractivity contribution in [3.63, 3.8) is 0 Å².